The summed E-state index contributed by atoms with van der Waals surface area (Å²) in [4.78, 5) is 10.2. The summed E-state index contributed by atoms with van der Waals surface area (Å²) in [6.45, 7) is 1.76. The van der Waals surface area contributed by atoms with E-state index < -0.39 is 10.7 Å². The lowest BCUT2D eigenvalue weighted by Crippen LogP contribution is -2.09. The summed E-state index contributed by atoms with van der Waals surface area (Å²) in [5, 5.41) is 14.6. The molecule has 0 aliphatic carbocycles. The van der Waals surface area contributed by atoms with Crippen LogP contribution in [0.1, 0.15) is 18.5 Å². The van der Waals surface area contributed by atoms with Crippen molar-refractivity contribution in [3.8, 4) is 0 Å². The van der Waals surface area contributed by atoms with Crippen molar-refractivity contribution in [1.29, 1.82) is 0 Å². The zero-order valence-corrected chi connectivity index (χ0v) is 12.5. The lowest BCUT2D eigenvalue weighted by molar-refractivity contribution is -0.384. The molecule has 0 bridgehead atoms. The molecule has 0 aliphatic heterocycles. The molecule has 0 spiro atoms. The Morgan fingerprint density at radius 2 is 1.95 bits per heavy atom. The number of anilines is 1. The van der Waals surface area contributed by atoms with E-state index in [1.165, 1.54) is 0 Å². The second-order valence-electron chi connectivity index (χ2n) is 4.45. The maximum absolute atomic E-state index is 13.7. The number of nitrogens with one attached hydrogen (secondary N) is 1. The lowest BCUT2D eigenvalue weighted by Gasteiger charge is -2.17. The van der Waals surface area contributed by atoms with Crippen molar-refractivity contribution in [2.45, 2.75) is 13.0 Å². The van der Waals surface area contributed by atoms with Crippen molar-refractivity contribution in [2.75, 3.05) is 5.32 Å². The highest BCUT2D eigenvalue weighted by Crippen LogP contribution is 2.30. The number of benzene rings is 2. The fraction of sp³-hybridized carbons (Fsp3) is 0.143. The molecule has 0 radical (unpaired) electrons. The van der Waals surface area contributed by atoms with Gasteiger partial charge in [0.1, 0.15) is 5.82 Å². The predicted octanol–water partition coefficient (Wildman–Crippen LogP) is 5.21. The van der Waals surface area contributed by atoms with E-state index in [2.05, 4.69) is 5.32 Å². The molecule has 4 nitrogen and oxygen atoms in total. The van der Waals surface area contributed by atoms with Crippen LogP contribution >= 0.6 is 23.2 Å². The van der Waals surface area contributed by atoms with Crippen LogP contribution in [-0.2, 0) is 0 Å². The highest BCUT2D eigenvalue weighted by Gasteiger charge is 2.15. The van der Waals surface area contributed by atoms with Gasteiger partial charge in [0.2, 0.25) is 0 Å². The highest BCUT2D eigenvalue weighted by atomic mass is 35.5. The molecule has 0 aromatic heterocycles. The number of rotatable bonds is 4. The first kappa shape index (κ1) is 15.5. The van der Waals surface area contributed by atoms with Gasteiger partial charge in [-0.1, -0.05) is 23.2 Å². The van der Waals surface area contributed by atoms with Crippen molar-refractivity contribution in [1.82, 2.24) is 0 Å². The Bertz CT molecular complexity index is 695. The summed E-state index contributed by atoms with van der Waals surface area (Å²) < 4.78 is 13.7. The van der Waals surface area contributed by atoms with Gasteiger partial charge in [0, 0.05) is 22.2 Å². The van der Waals surface area contributed by atoms with E-state index in [4.69, 9.17) is 23.2 Å². The molecule has 0 fully saturated rings. The van der Waals surface area contributed by atoms with Crippen molar-refractivity contribution in [3.63, 3.8) is 0 Å². The van der Waals surface area contributed by atoms with E-state index >= 15 is 0 Å². The zero-order chi connectivity index (χ0) is 15.6. The number of hydrogen-bond donors (Lipinski definition) is 1. The minimum Gasteiger partial charge on any atom is -0.376 e. The Morgan fingerprint density at radius 3 is 2.62 bits per heavy atom. The molecule has 2 aromatic carbocycles. The molecule has 1 N–H and O–H groups in total. The lowest BCUT2D eigenvalue weighted by atomic mass is 10.1. The molecule has 0 amide bonds. The molecule has 2 aromatic rings. The summed E-state index contributed by atoms with van der Waals surface area (Å²) in [5.41, 5.74) is 0.520. The van der Waals surface area contributed by atoms with Gasteiger partial charge >= 0.3 is 0 Å². The summed E-state index contributed by atoms with van der Waals surface area (Å²) in [6.07, 6.45) is 0. The van der Waals surface area contributed by atoms with E-state index in [-0.39, 0.29) is 17.4 Å². The molecule has 110 valence electrons. The summed E-state index contributed by atoms with van der Waals surface area (Å²) in [6, 6.07) is 7.88. The van der Waals surface area contributed by atoms with Crippen molar-refractivity contribution >= 4 is 34.6 Å². The Morgan fingerprint density at radius 1 is 1.24 bits per heavy atom. The Kier molecular flexibility index (Phi) is 4.65. The molecule has 1 atom stereocenters. The summed E-state index contributed by atoms with van der Waals surface area (Å²) in [7, 11) is 0. The van der Waals surface area contributed by atoms with Gasteiger partial charge in [-0.2, -0.15) is 0 Å². The SMILES string of the molecule is CC(Nc1cc([N+](=O)[O-])ccc1F)c1cc(Cl)ccc1Cl. The van der Waals surface area contributed by atoms with Crippen LogP contribution in [-0.4, -0.2) is 4.92 Å². The maximum Gasteiger partial charge on any atom is 0.271 e. The monoisotopic (exact) mass is 328 g/mol. The number of hydrogen-bond acceptors (Lipinski definition) is 3. The van der Waals surface area contributed by atoms with Crippen molar-refractivity contribution in [2.24, 2.45) is 0 Å². The van der Waals surface area contributed by atoms with Crippen LogP contribution in [0.15, 0.2) is 36.4 Å². The molecule has 2 rings (SSSR count). The molecule has 0 saturated heterocycles. The second kappa shape index (κ2) is 6.28. The van der Waals surface area contributed by atoms with Gasteiger partial charge in [-0.05, 0) is 36.8 Å². The third-order valence-electron chi connectivity index (χ3n) is 2.96. The molecule has 7 heteroatoms. The first-order valence-electron chi connectivity index (χ1n) is 6.04. The highest BCUT2D eigenvalue weighted by molar-refractivity contribution is 6.33. The van der Waals surface area contributed by atoms with Crippen LogP contribution < -0.4 is 5.32 Å². The van der Waals surface area contributed by atoms with E-state index in [1.54, 1.807) is 25.1 Å². The van der Waals surface area contributed by atoms with Gasteiger partial charge in [-0.3, -0.25) is 10.1 Å². The van der Waals surface area contributed by atoms with E-state index in [9.17, 15) is 14.5 Å². The molecular formula is C14H11Cl2FN2O2. The minimum atomic E-state index is -0.582. The van der Waals surface area contributed by atoms with E-state index in [1.807, 2.05) is 0 Å². The number of non-ortho nitro benzene ring substituents is 1. The van der Waals surface area contributed by atoms with Crippen LogP contribution in [0.2, 0.25) is 10.0 Å². The van der Waals surface area contributed by atoms with Crippen LogP contribution in [0.4, 0.5) is 15.8 Å². The van der Waals surface area contributed by atoms with Gasteiger partial charge < -0.3 is 5.32 Å². The van der Waals surface area contributed by atoms with E-state index in [0.717, 1.165) is 18.2 Å². The first-order valence-corrected chi connectivity index (χ1v) is 6.79. The molecule has 0 aliphatic rings. The zero-order valence-electron chi connectivity index (χ0n) is 10.9. The maximum atomic E-state index is 13.7. The van der Waals surface area contributed by atoms with Gasteiger partial charge in [-0.15, -0.1) is 0 Å². The minimum absolute atomic E-state index is 0.0349. The Balaban J connectivity index is 2.31. The quantitative estimate of drug-likeness (QED) is 0.618. The number of nitro groups is 1. The van der Waals surface area contributed by atoms with Gasteiger partial charge in [-0.25, -0.2) is 4.39 Å². The molecule has 0 heterocycles. The fourth-order valence-corrected chi connectivity index (χ4v) is 2.36. The second-order valence-corrected chi connectivity index (χ2v) is 5.30. The predicted molar refractivity (Wildman–Crippen MR) is 81.6 cm³/mol. The van der Waals surface area contributed by atoms with Gasteiger partial charge in [0.05, 0.1) is 16.7 Å². The molecular weight excluding hydrogens is 318 g/mol. The normalized spacial score (nSPS) is 12.0. The van der Waals surface area contributed by atoms with E-state index in [0.29, 0.717) is 15.6 Å². The van der Waals surface area contributed by atoms with Crippen LogP contribution in [0.3, 0.4) is 0 Å². The average Bonchev–Trinajstić information content (AvgIpc) is 2.43. The van der Waals surface area contributed by atoms with Gasteiger partial charge in [0.25, 0.3) is 5.69 Å². The number of nitro benzene ring substituents is 1. The fourth-order valence-electron chi connectivity index (χ4n) is 1.89. The first-order chi connectivity index (χ1) is 9.88. The van der Waals surface area contributed by atoms with Crippen molar-refractivity contribution in [3.05, 3.63) is 67.9 Å². The third kappa shape index (κ3) is 3.62. The molecule has 1 unspecified atom stereocenters. The molecule has 0 saturated carbocycles. The molecule has 21 heavy (non-hydrogen) atoms. The standard InChI is InChI=1S/C14H11Cl2FN2O2/c1-8(11-6-9(15)2-4-12(11)16)18-14-7-10(19(20)21)3-5-13(14)17/h2-8,18H,1H3. The van der Waals surface area contributed by atoms with Crippen LogP contribution in [0.25, 0.3) is 0 Å². The Labute approximate surface area is 130 Å². The average molecular weight is 329 g/mol. The Hall–Kier alpha value is -1.85. The summed E-state index contributed by atoms with van der Waals surface area (Å²) >= 11 is 12.0. The van der Waals surface area contributed by atoms with Gasteiger partial charge in [0.15, 0.2) is 0 Å². The summed E-state index contributed by atoms with van der Waals surface area (Å²) in [5.74, 6) is -0.578. The van der Waals surface area contributed by atoms with Crippen molar-refractivity contribution < 1.29 is 9.31 Å². The largest absolute Gasteiger partial charge is 0.376 e. The number of halogens is 3. The van der Waals surface area contributed by atoms with Crippen LogP contribution in [0, 0.1) is 15.9 Å². The smallest absolute Gasteiger partial charge is 0.271 e. The topological polar surface area (TPSA) is 55.2 Å². The van der Waals surface area contributed by atoms with Crippen LogP contribution in [0.5, 0.6) is 0 Å². The number of nitrogens with zero attached hydrogens (tertiary/aromatic N) is 1. The third-order valence-corrected chi connectivity index (χ3v) is 3.54.